The van der Waals surface area contributed by atoms with Crippen molar-refractivity contribution in [2.45, 2.75) is 33.1 Å². The Balaban J connectivity index is 1.80. The Morgan fingerprint density at radius 3 is 2.11 bits per heavy atom. The SMILES string of the molecule is CCCc1[nH]n(-c2ccccc2)c(=O)c1C1=C([n+]2cccc(CC)c2)C(=O)N(c2ccccc2)C1=O. The number of aromatic amines is 1. The number of H-pyrrole nitrogens is 1. The van der Waals surface area contributed by atoms with Crippen LogP contribution in [0.3, 0.4) is 0 Å². The zero-order chi connectivity index (χ0) is 25.2. The van der Waals surface area contributed by atoms with E-state index in [0.717, 1.165) is 23.3 Å². The molecule has 7 nitrogen and oxygen atoms in total. The normalized spacial score (nSPS) is 13.7. The van der Waals surface area contributed by atoms with Gasteiger partial charge in [-0.25, -0.2) is 9.58 Å². The summed E-state index contributed by atoms with van der Waals surface area (Å²) in [5.74, 6) is -0.974. The van der Waals surface area contributed by atoms with E-state index >= 15 is 0 Å². The Hall–Kier alpha value is -4.52. The Labute approximate surface area is 208 Å². The maximum Gasteiger partial charge on any atom is 0.331 e. The van der Waals surface area contributed by atoms with Crippen molar-refractivity contribution in [2.75, 3.05) is 4.90 Å². The predicted molar refractivity (Wildman–Crippen MR) is 138 cm³/mol. The van der Waals surface area contributed by atoms with Gasteiger partial charge < -0.3 is 0 Å². The minimum Gasteiger partial charge on any atom is -0.294 e. The van der Waals surface area contributed by atoms with Crippen LogP contribution in [0.2, 0.25) is 0 Å². The molecule has 180 valence electrons. The molecule has 2 aromatic carbocycles. The van der Waals surface area contributed by atoms with E-state index in [9.17, 15) is 14.4 Å². The van der Waals surface area contributed by atoms with E-state index in [1.165, 1.54) is 4.68 Å². The van der Waals surface area contributed by atoms with Gasteiger partial charge in [-0.1, -0.05) is 56.7 Å². The lowest BCUT2D eigenvalue weighted by molar-refractivity contribution is -0.577. The summed E-state index contributed by atoms with van der Waals surface area (Å²) in [5, 5.41) is 3.21. The number of amides is 2. The molecule has 0 saturated heterocycles. The van der Waals surface area contributed by atoms with Crippen LogP contribution in [0.15, 0.2) is 90.0 Å². The van der Waals surface area contributed by atoms with Crippen molar-refractivity contribution < 1.29 is 14.2 Å². The van der Waals surface area contributed by atoms with Crippen LogP contribution >= 0.6 is 0 Å². The fourth-order valence-corrected chi connectivity index (χ4v) is 4.60. The molecule has 0 spiro atoms. The molecule has 4 aromatic rings. The largest absolute Gasteiger partial charge is 0.331 e. The van der Waals surface area contributed by atoms with E-state index in [0.29, 0.717) is 23.5 Å². The number of hydrogen-bond acceptors (Lipinski definition) is 3. The first-order valence-corrected chi connectivity index (χ1v) is 12.1. The van der Waals surface area contributed by atoms with E-state index in [1.807, 2.05) is 68.6 Å². The smallest absolute Gasteiger partial charge is 0.294 e. The molecule has 3 heterocycles. The van der Waals surface area contributed by atoms with E-state index < -0.39 is 11.8 Å². The number of anilines is 1. The summed E-state index contributed by atoms with van der Waals surface area (Å²) in [6, 6.07) is 21.8. The van der Waals surface area contributed by atoms with Gasteiger partial charge in [0.25, 0.3) is 17.2 Å². The highest BCUT2D eigenvalue weighted by Crippen LogP contribution is 2.33. The van der Waals surface area contributed by atoms with Gasteiger partial charge in [-0.15, -0.1) is 0 Å². The van der Waals surface area contributed by atoms with Crippen molar-refractivity contribution in [3.05, 3.63) is 112 Å². The maximum absolute atomic E-state index is 14.0. The van der Waals surface area contributed by atoms with Gasteiger partial charge in [0.15, 0.2) is 12.4 Å². The number of carbonyl (C=O) groups is 2. The van der Waals surface area contributed by atoms with Crippen LogP contribution in [-0.4, -0.2) is 21.6 Å². The number of imide groups is 1. The molecule has 0 atom stereocenters. The number of nitrogens with zero attached hydrogens (tertiary/aromatic N) is 3. The summed E-state index contributed by atoms with van der Waals surface area (Å²) < 4.78 is 3.12. The molecule has 7 heteroatoms. The van der Waals surface area contributed by atoms with Crippen molar-refractivity contribution in [1.29, 1.82) is 0 Å². The van der Waals surface area contributed by atoms with E-state index in [4.69, 9.17) is 0 Å². The number of hydrogen-bond donors (Lipinski definition) is 1. The second-order valence-corrected chi connectivity index (χ2v) is 8.67. The summed E-state index contributed by atoms with van der Waals surface area (Å²) in [6.07, 6.45) is 5.66. The Morgan fingerprint density at radius 1 is 0.806 bits per heavy atom. The molecule has 1 aliphatic rings. The standard InChI is InChI=1S/C29H26N4O3/c1-3-12-23-24(28(35)33(30-23)22-16-9-6-10-17-22)25-26(31-18-11-13-20(4-2)19-31)29(36)32(27(25)34)21-14-7-5-8-15-21/h5-11,13-19H,3-4,12H2,1-2H3/p+1. The van der Waals surface area contributed by atoms with Gasteiger partial charge in [-0.05, 0) is 43.2 Å². The maximum atomic E-state index is 14.0. The average Bonchev–Trinajstić information content (AvgIpc) is 3.36. The lowest BCUT2D eigenvalue weighted by Gasteiger charge is -2.13. The van der Waals surface area contributed by atoms with Crippen LogP contribution in [-0.2, 0) is 22.4 Å². The predicted octanol–water partition coefficient (Wildman–Crippen LogP) is 3.91. The lowest BCUT2D eigenvalue weighted by atomic mass is 10.0. The number of carbonyl (C=O) groups excluding carboxylic acids is 2. The zero-order valence-corrected chi connectivity index (χ0v) is 20.3. The minimum atomic E-state index is -0.510. The van der Waals surface area contributed by atoms with Crippen LogP contribution in [0.1, 0.15) is 37.1 Å². The average molecular weight is 480 g/mol. The van der Waals surface area contributed by atoms with Gasteiger partial charge in [0, 0.05) is 17.3 Å². The van der Waals surface area contributed by atoms with Gasteiger partial charge in [-0.3, -0.25) is 19.5 Å². The Morgan fingerprint density at radius 2 is 1.47 bits per heavy atom. The summed E-state index contributed by atoms with van der Waals surface area (Å²) in [6.45, 7) is 4.03. The van der Waals surface area contributed by atoms with Gasteiger partial charge >= 0.3 is 5.91 Å². The number of nitrogens with one attached hydrogen (secondary N) is 1. The molecule has 0 radical (unpaired) electrons. The first-order valence-electron chi connectivity index (χ1n) is 12.1. The van der Waals surface area contributed by atoms with Gasteiger partial charge in [0.1, 0.15) is 5.57 Å². The first kappa shape index (κ1) is 23.2. The third-order valence-corrected chi connectivity index (χ3v) is 6.33. The highest BCUT2D eigenvalue weighted by molar-refractivity contribution is 6.53. The Bertz CT molecular complexity index is 1530. The highest BCUT2D eigenvalue weighted by Gasteiger charge is 2.48. The van der Waals surface area contributed by atoms with Crippen LogP contribution in [0, 0.1) is 0 Å². The van der Waals surface area contributed by atoms with Crippen molar-refractivity contribution >= 4 is 28.8 Å². The number of aryl methyl sites for hydroxylation is 2. The Kier molecular flexibility index (Phi) is 6.21. The van der Waals surface area contributed by atoms with Gasteiger partial charge in [0.2, 0.25) is 0 Å². The number of rotatable bonds is 7. The van der Waals surface area contributed by atoms with Crippen molar-refractivity contribution in [3.8, 4) is 5.69 Å². The monoisotopic (exact) mass is 479 g/mol. The summed E-state index contributed by atoms with van der Waals surface area (Å²) in [5.41, 5.74) is 2.92. The number of aromatic nitrogens is 3. The van der Waals surface area contributed by atoms with Crippen LogP contribution in [0.4, 0.5) is 5.69 Å². The van der Waals surface area contributed by atoms with E-state index in [-0.39, 0.29) is 22.4 Å². The van der Waals surface area contributed by atoms with E-state index in [2.05, 4.69) is 5.10 Å². The summed E-state index contributed by atoms with van der Waals surface area (Å²) in [4.78, 5) is 42.9. The first-order chi connectivity index (χ1) is 17.5. The molecule has 5 rings (SSSR count). The molecular weight excluding hydrogens is 452 g/mol. The minimum absolute atomic E-state index is 0.112. The highest BCUT2D eigenvalue weighted by atomic mass is 16.2. The molecule has 1 aliphatic heterocycles. The fourth-order valence-electron chi connectivity index (χ4n) is 4.60. The second kappa shape index (κ2) is 9.62. The van der Waals surface area contributed by atoms with Crippen LogP contribution in [0.25, 0.3) is 17.0 Å². The molecule has 0 aliphatic carbocycles. The third kappa shape index (κ3) is 3.88. The molecule has 0 unspecified atom stereocenters. The summed E-state index contributed by atoms with van der Waals surface area (Å²) in [7, 11) is 0. The van der Waals surface area contributed by atoms with Crippen molar-refractivity contribution in [3.63, 3.8) is 0 Å². The molecule has 2 aromatic heterocycles. The molecule has 2 amide bonds. The number of benzene rings is 2. The molecule has 0 fully saturated rings. The molecule has 0 bridgehead atoms. The second-order valence-electron chi connectivity index (χ2n) is 8.67. The summed E-state index contributed by atoms with van der Waals surface area (Å²) >= 11 is 0. The zero-order valence-electron chi connectivity index (χ0n) is 20.3. The molecule has 0 saturated carbocycles. The number of para-hydroxylation sites is 2. The quantitative estimate of drug-likeness (QED) is 0.322. The molecule has 1 N–H and O–H groups in total. The third-order valence-electron chi connectivity index (χ3n) is 6.33. The fraction of sp³-hybridized carbons (Fsp3) is 0.172. The molecular formula is C29H27N4O3+. The van der Waals surface area contributed by atoms with Gasteiger partial charge in [0.05, 0.1) is 16.9 Å². The van der Waals surface area contributed by atoms with Crippen LogP contribution < -0.4 is 15.0 Å². The molecule has 36 heavy (non-hydrogen) atoms. The van der Waals surface area contributed by atoms with Gasteiger partial charge in [-0.2, -0.15) is 4.57 Å². The van der Waals surface area contributed by atoms with E-state index in [1.54, 1.807) is 35.0 Å². The van der Waals surface area contributed by atoms with Crippen LogP contribution in [0.5, 0.6) is 0 Å². The lowest BCUT2D eigenvalue weighted by Crippen LogP contribution is -2.40. The van der Waals surface area contributed by atoms with Crippen molar-refractivity contribution in [2.24, 2.45) is 0 Å². The topological polar surface area (TPSA) is 79.1 Å². The number of pyridine rings is 1. The van der Waals surface area contributed by atoms with Crippen molar-refractivity contribution in [1.82, 2.24) is 9.78 Å².